The molecule has 1 aromatic heterocycles. The van der Waals surface area contributed by atoms with Gasteiger partial charge in [0.2, 0.25) is 5.82 Å². The molecular formula is C28H34N2O2. The van der Waals surface area contributed by atoms with Gasteiger partial charge in [0.1, 0.15) is 0 Å². The molecule has 168 valence electrons. The standard InChI is InChI=1S/C28H34N2O2/c1-17-4-6-18(7-5-17)25-29-26(32-30-25)24-11-10-22-21-9-8-19-16-20(31)12-14-27(19,2)23(21)13-15-28(22,24)3/h4-8,11,20-23,31H,9-10,12-16H2,1-3H3/t20-,21-,22-,23-,27-,28-/m0/s1. The Morgan fingerprint density at radius 3 is 2.56 bits per heavy atom. The number of aliphatic hydroxyl groups excluding tert-OH is 1. The minimum atomic E-state index is -0.139. The largest absolute Gasteiger partial charge is 0.393 e. The zero-order valence-electron chi connectivity index (χ0n) is 19.5. The molecule has 2 saturated carbocycles. The summed E-state index contributed by atoms with van der Waals surface area (Å²) in [4.78, 5) is 4.83. The van der Waals surface area contributed by atoms with Crippen LogP contribution in [0.25, 0.3) is 17.0 Å². The maximum atomic E-state index is 10.2. The Morgan fingerprint density at radius 1 is 0.969 bits per heavy atom. The van der Waals surface area contributed by atoms with E-state index in [1.807, 2.05) is 0 Å². The van der Waals surface area contributed by atoms with Gasteiger partial charge in [-0.1, -0.05) is 66.6 Å². The molecule has 0 spiro atoms. The minimum absolute atomic E-state index is 0.105. The molecule has 4 nitrogen and oxygen atoms in total. The molecule has 4 aliphatic carbocycles. The number of aromatic nitrogens is 2. The van der Waals surface area contributed by atoms with Gasteiger partial charge in [-0.25, -0.2) is 0 Å². The Morgan fingerprint density at radius 2 is 1.75 bits per heavy atom. The summed E-state index contributed by atoms with van der Waals surface area (Å²) in [6.45, 7) is 7.01. The van der Waals surface area contributed by atoms with Gasteiger partial charge >= 0.3 is 0 Å². The number of aliphatic hydroxyl groups is 1. The average Bonchev–Trinajstić information content (AvgIpc) is 3.39. The van der Waals surface area contributed by atoms with Crippen LogP contribution < -0.4 is 0 Å². The summed E-state index contributed by atoms with van der Waals surface area (Å²) in [6.07, 6.45) is 12.4. The maximum Gasteiger partial charge on any atom is 0.254 e. The Hall–Kier alpha value is -2.20. The third-order valence-corrected chi connectivity index (χ3v) is 9.62. The zero-order valence-corrected chi connectivity index (χ0v) is 19.5. The lowest BCUT2D eigenvalue weighted by Crippen LogP contribution is -2.49. The molecule has 4 heteroatoms. The molecule has 6 atom stereocenters. The van der Waals surface area contributed by atoms with Gasteiger partial charge in [-0.2, -0.15) is 4.98 Å². The number of rotatable bonds is 2. The second kappa shape index (κ2) is 7.15. The highest BCUT2D eigenvalue weighted by Crippen LogP contribution is 2.66. The first-order valence-electron chi connectivity index (χ1n) is 12.4. The van der Waals surface area contributed by atoms with E-state index >= 15 is 0 Å². The van der Waals surface area contributed by atoms with Crippen molar-refractivity contribution in [3.8, 4) is 11.4 Å². The van der Waals surface area contributed by atoms with Gasteiger partial charge < -0.3 is 9.63 Å². The van der Waals surface area contributed by atoms with E-state index < -0.39 is 0 Å². The molecule has 4 aliphatic rings. The lowest BCUT2D eigenvalue weighted by atomic mass is 9.47. The van der Waals surface area contributed by atoms with Crippen molar-refractivity contribution in [1.82, 2.24) is 10.1 Å². The number of aryl methyl sites for hydroxylation is 1. The topological polar surface area (TPSA) is 59.2 Å². The quantitative estimate of drug-likeness (QED) is 0.563. The van der Waals surface area contributed by atoms with E-state index in [1.165, 1.54) is 29.6 Å². The Balaban J connectivity index is 1.28. The summed E-state index contributed by atoms with van der Waals surface area (Å²) in [5.74, 6) is 3.45. The molecule has 32 heavy (non-hydrogen) atoms. The van der Waals surface area contributed by atoms with Crippen molar-refractivity contribution in [1.29, 1.82) is 0 Å². The number of fused-ring (bicyclic) bond motifs is 5. The van der Waals surface area contributed by atoms with E-state index in [0.717, 1.165) is 43.6 Å². The minimum Gasteiger partial charge on any atom is -0.393 e. The first-order chi connectivity index (χ1) is 15.4. The smallest absolute Gasteiger partial charge is 0.254 e. The molecule has 0 radical (unpaired) electrons. The van der Waals surface area contributed by atoms with Gasteiger partial charge in [0, 0.05) is 16.6 Å². The fourth-order valence-corrected chi connectivity index (χ4v) is 7.69. The predicted molar refractivity (Wildman–Crippen MR) is 126 cm³/mol. The summed E-state index contributed by atoms with van der Waals surface area (Å²) in [5.41, 5.74) is 5.42. The fraction of sp³-hybridized carbons (Fsp3) is 0.571. The van der Waals surface area contributed by atoms with Crippen molar-refractivity contribution in [3.05, 3.63) is 53.4 Å². The number of nitrogens with zero attached hydrogens (tertiary/aromatic N) is 2. The Bertz CT molecular complexity index is 1100. The van der Waals surface area contributed by atoms with Crippen LogP contribution in [0.4, 0.5) is 0 Å². The first-order valence-corrected chi connectivity index (χ1v) is 12.4. The van der Waals surface area contributed by atoms with Gasteiger partial charge in [0.05, 0.1) is 6.10 Å². The predicted octanol–water partition coefficient (Wildman–Crippen LogP) is 6.36. The molecule has 0 aliphatic heterocycles. The molecule has 0 saturated heterocycles. The summed E-state index contributed by atoms with van der Waals surface area (Å²) in [7, 11) is 0. The lowest BCUT2D eigenvalue weighted by molar-refractivity contribution is -0.0242. The van der Waals surface area contributed by atoms with Gasteiger partial charge in [-0.05, 0) is 75.0 Å². The van der Waals surface area contributed by atoms with Crippen molar-refractivity contribution < 1.29 is 9.63 Å². The molecule has 1 heterocycles. The van der Waals surface area contributed by atoms with Crippen molar-refractivity contribution in [3.63, 3.8) is 0 Å². The van der Waals surface area contributed by atoms with Crippen LogP contribution in [0.1, 0.15) is 70.2 Å². The van der Waals surface area contributed by atoms with Gasteiger partial charge in [0.25, 0.3) is 5.89 Å². The van der Waals surface area contributed by atoms with Gasteiger partial charge in [0.15, 0.2) is 0 Å². The molecule has 2 aromatic rings. The van der Waals surface area contributed by atoms with Crippen LogP contribution in [-0.2, 0) is 0 Å². The Kier molecular flexibility index (Phi) is 4.56. The molecule has 0 amide bonds. The lowest BCUT2D eigenvalue weighted by Gasteiger charge is -2.57. The molecular weight excluding hydrogens is 396 g/mol. The Labute approximate surface area is 190 Å². The van der Waals surface area contributed by atoms with Crippen LogP contribution in [-0.4, -0.2) is 21.4 Å². The second-order valence-electron chi connectivity index (χ2n) is 11.3. The van der Waals surface area contributed by atoms with E-state index in [2.05, 4.69) is 62.3 Å². The van der Waals surface area contributed by atoms with E-state index in [9.17, 15) is 5.11 Å². The third-order valence-electron chi connectivity index (χ3n) is 9.62. The van der Waals surface area contributed by atoms with Gasteiger partial charge in [-0.3, -0.25) is 0 Å². The molecule has 0 unspecified atom stereocenters. The van der Waals surface area contributed by atoms with Crippen molar-refractivity contribution in [2.45, 2.75) is 71.8 Å². The molecule has 0 bridgehead atoms. The maximum absolute atomic E-state index is 10.2. The summed E-state index contributed by atoms with van der Waals surface area (Å²) in [5, 5.41) is 14.6. The van der Waals surface area contributed by atoms with Crippen LogP contribution in [0.5, 0.6) is 0 Å². The van der Waals surface area contributed by atoms with Crippen molar-refractivity contribution >= 4 is 5.57 Å². The van der Waals surface area contributed by atoms with E-state index in [1.54, 1.807) is 0 Å². The van der Waals surface area contributed by atoms with Crippen LogP contribution in [0.2, 0.25) is 0 Å². The normalized spacial score (nSPS) is 38.4. The van der Waals surface area contributed by atoms with Crippen molar-refractivity contribution in [2.24, 2.45) is 28.6 Å². The van der Waals surface area contributed by atoms with E-state index in [4.69, 9.17) is 9.51 Å². The SMILES string of the molecule is Cc1ccc(-c2noc(C3=CC[C@H]4[C@@H]5CC=C6C[C@@H](O)CC[C@]6(C)[C@H]5CC[C@]34C)n2)cc1. The molecule has 1 aromatic carbocycles. The highest BCUT2D eigenvalue weighted by atomic mass is 16.5. The van der Waals surface area contributed by atoms with E-state index in [-0.39, 0.29) is 16.9 Å². The third kappa shape index (κ3) is 2.91. The van der Waals surface area contributed by atoms with Crippen LogP contribution in [0, 0.1) is 35.5 Å². The number of hydrogen-bond donors (Lipinski definition) is 1. The molecule has 1 N–H and O–H groups in total. The van der Waals surface area contributed by atoms with Gasteiger partial charge in [-0.15, -0.1) is 0 Å². The molecule has 6 rings (SSSR count). The number of allylic oxidation sites excluding steroid dienone is 3. The highest BCUT2D eigenvalue weighted by molar-refractivity contribution is 5.69. The monoisotopic (exact) mass is 430 g/mol. The van der Waals surface area contributed by atoms with Crippen LogP contribution in [0.15, 0.2) is 46.5 Å². The number of benzene rings is 1. The van der Waals surface area contributed by atoms with Crippen molar-refractivity contribution in [2.75, 3.05) is 0 Å². The first kappa shape index (κ1) is 20.4. The number of hydrogen-bond acceptors (Lipinski definition) is 4. The second-order valence-corrected chi connectivity index (χ2v) is 11.3. The summed E-state index contributed by atoms with van der Waals surface area (Å²) >= 11 is 0. The fourth-order valence-electron chi connectivity index (χ4n) is 7.69. The van der Waals surface area contributed by atoms with E-state index in [0.29, 0.717) is 23.6 Å². The highest BCUT2D eigenvalue weighted by Gasteiger charge is 2.57. The van der Waals surface area contributed by atoms with Crippen LogP contribution in [0.3, 0.4) is 0 Å². The summed E-state index contributed by atoms with van der Waals surface area (Å²) in [6, 6.07) is 8.32. The average molecular weight is 431 g/mol. The van der Waals surface area contributed by atoms with Crippen LogP contribution >= 0.6 is 0 Å². The zero-order chi connectivity index (χ0) is 22.1. The molecule has 2 fully saturated rings. The summed E-state index contributed by atoms with van der Waals surface area (Å²) < 4.78 is 5.83.